The van der Waals surface area contributed by atoms with Gasteiger partial charge in [0.05, 0.1) is 17.4 Å². The molecule has 4 aromatic rings. The topological polar surface area (TPSA) is 59.8 Å². The maximum atomic E-state index is 12.3. The van der Waals surface area contributed by atoms with Crippen molar-refractivity contribution >= 4 is 34.4 Å². The fourth-order valence-electron chi connectivity index (χ4n) is 2.92. The van der Waals surface area contributed by atoms with Gasteiger partial charge in [0.15, 0.2) is 0 Å². The van der Waals surface area contributed by atoms with Crippen LogP contribution in [-0.4, -0.2) is 20.4 Å². The Balaban J connectivity index is 1.28. The lowest BCUT2D eigenvalue weighted by atomic mass is 10.3. The van der Waals surface area contributed by atoms with Crippen LogP contribution in [0.4, 0.5) is 5.69 Å². The lowest BCUT2D eigenvalue weighted by molar-refractivity contribution is -0.116. The minimum Gasteiger partial charge on any atom is -0.330 e. The van der Waals surface area contributed by atoms with Crippen LogP contribution in [0, 0.1) is 0 Å². The quantitative estimate of drug-likeness (QED) is 0.464. The normalized spacial score (nSPS) is 10.9. The molecule has 0 saturated heterocycles. The van der Waals surface area contributed by atoms with E-state index >= 15 is 0 Å². The van der Waals surface area contributed by atoms with Crippen LogP contribution in [0.25, 0.3) is 11.0 Å². The van der Waals surface area contributed by atoms with Crippen molar-refractivity contribution in [1.29, 1.82) is 0 Å². The second-order valence-corrected chi connectivity index (χ2v) is 7.45. The molecule has 140 valence electrons. The van der Waals surface area contributed by atoms with E-state index in [-0.39, 0.29) is 5.91 Å². The average molecular weight is 388 g/mol. The van der Waals surface area contributed by atoms with Crippen LogP contribution in [0.15, 0.2) is 84.3 Å². The van der Waals surface area contributed by atoms with E-state index in [1.54, 1.807) is 24.3 Å². The number of hydrogen-bond donors (Lipinski definition) is 1. The van der Waals surface area contributed by atoms with E-state index in [4.69, 9.17) is 0 Å². The standard InChI is InChI=1S/C22H20N4OS/c27-22(11-13-26-16-24-20-5-1-2-6-21(20)26)25-18-7-9-19(10-8-18)28-15-17-4-3-12-23-14-17/h1-10,12,14,16H,11,13,15H2,(H,25,27). The van der Waals surface area contributed by atoms with Gasteiger partial charge in [-0.2, -0.15) is 0 Å². The number of rotatable bonds is 7. The summed E-state index contributed by atoms with van der Waals surface area (Å²) >= 11 is 1.75. The summed E-state index contributed by atoms with van der Waals surface area (Å²) in [6.45, 7) is 0.603. The molecule has 0 spiro atoms. The number of amides is 1. The number of pyridine rings is 1. The minimum absolute atomic E-state index is 0.00598. The lowest BCUT2D eigenvalue weighted by Crippen LogP contribution is -2.14. The van der Waals surface area contributed by atoms with Crippen molar-refractivity contribution in [1.82, 2.24) is 14.5 Å². The zero-order valence-corrected chi connectivity index (χ0v) is 16.1. The molecule has 0 atom stereocenters. The van der Waals surface area contributed by atoms with Gasteiger partial charge < -0.3 is 9.88 Å². The third kappa shape index (κ3) is 4.58. The minimum atomic E-state index is -0.00598. The predicted molar refractivity (Wildman–Crippen MR) is 113 cm³/mol. The van der Waals surface area contributed by atoms with Crippen molar-refractivity contribution < 1.29 is 4.79 Å². The molecular formula is C22H20N4OS. The van der Waals surface area contributed by atoms with Crippen LogP contribution in [-0.2, 0) is 17.1 Å². The van der Waals surface area contributed by atoms with Crippen molar-refractivity contribution in [3.63, 3.8) is 0 Å². The van der Waals surface area contributed by atoms with Crippen LogP contribution in [0.2, 0.25) is 0 Å². The monoisotopic (exact) mass is 388 g/mol. The first-order valence-electron chi connectivity index (χ1n) is 9.09. The highest BCUT2D eigenvalue weighted by atomic mass is 32.2. The molecule has 1 N–H and O–H groups in total. The summed E-state index contributed by atoms with van der Waals surface area (Å²) in [6, 6.07) is 19.9. The number of para-hydroxylation sites is 2. The second-order valence-electron chi connectivity index (χ2n) is 6.40. The molecular weight excluding hydrogens is 368 g/mol. The van der Waals surface area contributed by atoms with Gasteiger partial charge in [-0.05, 0) is 48.0 Å². The summed E-state index contributed by atoms with van der Waals surface area (Å²) in [5, 5.41) is 2.96. The summed E-state index contributed by atoms with van der Waals surface area (Å²) in [4.78, 5) is 21.9. The predicted octanol–water partition coefficient (Wildman–Crippen LogP) is 4.75. The number of thioether (sulfide) groups is 1. The molecule has 0 bridgehead atoms. The molecule has 2 aromatic carbocycles. The number of imidazole rings is 1. The van der Waals surface area contributed by atoms with Gasteiger partial charge in [0.1, 0.15) is 0 Å². The van der Waals surface area contributed by atoms with Crippen molar-refractivity contribution in [2.45, 2.75) is 23.6 Å². The lowest BCUT2D eigenvalue weighted by Gasteiger charge is -2.08. The molecule has 2 heterocycles. The molecule has 6 heteroatoms. The molecule has 0 aliphatic rings. The maximum absolute atomic E-state index is 12.3. The van der Waals surface area contributed by atoms with E-state index in [0.717, 1.165) is 27.4 Å². The van der Waals surface area contributed by atoms with Crippen LogP contribution in [0.3, 0.4) is 0 Å². The number of carbonyl (C=O) groups excluding carboxylic acids is 1. The summed E-state index contributed by atoms with van der Waals surface area (Å²) < 4.78 is 2.01. The zero-order chi connectivity index (χ0) is 19.2. The zero-order valence-electron chi connectivity index (χ0n) is 15.3. The van der Waals surface area contributed by atoms with Gasteiger partial charge in [-0.25, -0.2) is 4.98 Å². The summed E-state index contributed by atoms with van der Waals surface area (Å²) in [7, 11) is 0. The molecule has 5 nitrogen and oxygen atoms in total. The third-order valence-corrected chi connectivity index (χ3v) is 5.46. The number of nitrogens with one attached hydrogen (secondary N) is 1. The number of carbonyl (C=O) groups is 1. The summed E-state index contributed by atoms with van der Waals surface area (Å²) in [5.74, 6) is 0.867. The Morgan fingerprint density at radius 3 is 2.71 bits per heavy atom. The van der Waals surface area contributed by atoms with Gasteiger partial charge in [0.25, 0.3) is 0 Å². The molecule has 2 aromatic heterocycles. The number of aromatic nitrogens is 3. The molecule has 4 rings (SSSR count). The fraction of sp³-hybridized carbons (Fsp3) is 0.136. The first kappa shape index (κ1) is 18.3. The average Bonchev–Trinajstić information content (AvgIpc) is 3.16. The van der Waals surface area contributed by atoms with E-state index in [9.17, 15) is 4.79 Å². The molecule has 0 aliphatic carbocycles. The van der Waals surface area contributed by atoms with Crippen molar-refractivity contribution in [2.75, 3.05) is 5.32 Å². The van der Waals surface area contributed by atoms with Gasteiger partial charge in [0, 0.05) is 41.7 Å². The van der Waals surface area contributed by atoms with Gasteiger partial charge >= 0.3 is 0 Å². The highest BCUT2D eigenvalue weighted by Gasteiger charge is 2.06. The van der Waals surface area contributed by atoms with Crippen LogP contribution in [0.1, 0.15) is 12.0 Å². The van der Waals surface area contributed by atoms with Crippen LogP contribution < -0.4 is 5.32 Å². The van der Waals surface area contributed by atoms with Gasteiger partial charge in [-0.3, -0.25) is 9.78 Å². The van der Waals surface area contributed by atoms with E-state index < -0.39 is 0 Å². The highest BCUT2D eigenvalue weighted by Crippen LogP contribution is 2.24. The van der Waals surface area contributed by atoms with Gasteiger partial charge in [-0.1, -0.05) is 18.2 Å². The number of nitrogens with zero attached hydrogens (tertiary/aromatic N) is 3. The molecule has 0 saturated carbocycles. The van der Waals surface area contributed by atoms with Crippen molar-refractivity contribution in [2.24, 2.45) is 0 Å². The molecule has 28 heavy (non-hydrogen) atoms. The van der Waals surface area contributed by atoms with Crippen molar-refractivity contribution in [3.05, 3.63) is 84.9 Å². The maximum Gasteiger partial charge on any atom is 0.226 e. The third-order valence-electron chi connectivity index (χ3n) is 4.37. The van der Waals surface area contributed by atoms with Crippen molar-refractivity contribution in [3.8, 4) is 0 Å². The van der Waals surface area contributed by atoms with E-state index in [1.165, 1.54) is 5.56 Å². The number of fused-ring (bicyclic) bond motifs is 1. The number of hydrogen-bond acceptors (Lipinski definition) is 4. The van der Waals surface area contributed by atoms with Gasteiger partial charge in [0.2, 0.25) is 5.91 Å². The second kappa shape index (κ2) is 8.71. The number of anilines is 1. The first-order chi connectivity index (χ1) is 13.8. The van der Waals surface area contributed by atoms with E-state index in [2.05, 4.69) is 21.4 Å². The Bertz CT molecular complexity index is 1060. The summed E-state index contributed by atoms with van der Waals surface area (Å²) in [5.41, 5.74) is 4.00. The molecule has 0 unspecified atom stereocenters. The molecule has 0 aliphatic heterocycles. The summed E-state index contributed by atoms with van der Waals surface area (Å²) in [6.07, 6.45) is 5.84. The molecule has 0 fully saturated rings. The largest absolute Gasteiger partial charge is 0.330 e. The Morgan fingerprint density at radius 1 is 1.04 bits per heavy atom. The molecule has 0 radical (unpaired) electrons. The Morgan fingerprint density at radius 2 is 1.89 bits per heavy atom. The van der Waals surface area contributed by atoms with Crippen LogP contribution in [0.5, 0.6) is 0 Å². The highest BCUT2D eigenvalue weighted by molar-refractivity contribution is 7.98. The smallest absolute Gasteiger partial charge is 0.226 e. The molecule has 1 amide bonds. The Labute approximate surface area is 167 Å². The number of benzene rings is 2. The fourth-order valence-corrected chi connectivity index (χ4v) is 3.75. The van der Waals surface area contributed by atoms with Crippen LogP contribution >= 0.6 is 11.8 Å². The van der Waals surface area contributed by atoms with E-state index in [0.29, 0.717) is 13.0 Å². The van der Waals surface area contributed by atoms with Gasteiger partial charge in [-0.15, -0.1) is 11.8 Å². The number of aryl methyl sites for hydroxylation is 1. The SMILES string of the molecule is O=C(CCn1cnc2ccccc21)Nc1ccc(SCc2cccnc2)cc1. The van der Waals surface area contributed by atoms with E-state index in [1.807, 2.05) is 65.4 Å². The Hall–Kier alpha value is -3.12. The Kier molecular flexibility index (Phi) is 5.68. The first-order valence-corrected chi connectivity index (χ1v) is 10.1.